The van der Waals surface area contributed by atoms with Crippen LogP contribution >= 0.6 is 0 Å². The molecule has 4 N–H and O–H groups in total. The Morgan fingerprint density at radius 2 is 1.41 bits per heavy atom. The zero-order valence-electron chi connectivity index (χ0n) is 15.8. The zero-order valence-corrected chi connectivity index (χ0v) is 15.8. The number of benzene rings is 2. The van der Waals surface area contributed by atoms with Crippen molar-refractivity contribution in [3.05, 3.63) is 59.7 Å². The second-order valence-corrected chi connectivity index (χ2v) is 6.93. The summed E-state index contributed by atoms with van der Waals surface area (Å²) in [5.41, 5.74) is 16.1. The molecule has 0 saturated carbocycles. The lowest BCUT2D eigenvalue weighted by molar-refractivity contribution is 0.0988. The number of hydrogen-bond acceptors (Lipinski definition) is 4. The molecule has 0 radical (unpaired) electrons. The molecule has 27 heavy (non-hydrogen) atoms. The molecule has 0 aromatic heterocycles. The highest BCUT2D eigenvalue weighted by Gasteiger charge is 2.29. The van der Waals surface area contributed by atoms with E-state index in [9.17, 15) is 4.79 Å². The van der Waals surface area contributed by atoms with Crippen LogP contribution in [0.1, 0.15) is 36.3 Å². The first-order valence-corrected chi connectivity index (χ1v) is 9.76. The van der Waals surface area contributed by atoms with Crippen LogP contribution in [0, 0.1) is 0 Å². The van der Waals surface area contributed by atoms with Crippen molar-refractivity contribution in [2.75, 3.05) is 32.8 Å². The molecule has 0 spiro atoms. The fourth-order valence-corrected chi connectivity index (χ4v) is 3.71. The number of rotatable bonds is 9. The molecule has 2 aromatic carbocycles. The predicted molar refractivity (Wildman–Crippen MR) is 109 cm³/mol. The van der Waals surface area contributed by atoms with Gasteiger partial charge in [0.2, 0.25) is 0 Å². The van der Waals surface area contributed by atoms with Crippen LogP contribution in [0.3, 0.4) is 0 Å². The number of hydrogen-bond donors (Lipinski definition) is 2. The first kappa shape index (κ1) is 19.4. The van der Waals surface area contributed by atoms with Crippen LogP contribution in [0.2, 0.25) is 0 Å². The summed E-state index contributed by atoms with van der Waals surface area (Å²) >= 11 is 0. The highest BCUT2D eigenvalue weighted by molar-refractivity contribution is 5.79. The number of carbonyl (C=O) groups is 1. The molecule has 0 bridgehead atoms. The van der Waals surface area contributed by atoms with Gasteiger partial charge in [-0.2, -0.15) is 0 Å². The van der Waals surface area contributed by atoms with Crippen LogP contribution in [0.5, 0.6) is 0 Å². The van der Waals surface area contributed by atoms with Crippen LogP contribution in [0.15, 0.2) is 48.5 Å². The molecular weight excluding hydrogens is 338 g/mol. The second-order valence-electron chi connectivity index (χ2n) is 6.93. The summed E-state index contributed by atoms with van der Waals surface area (Å²) in [4.78, 5) is 14.4. The standard InChI is InChI=1S/C22H29N3O2/c23-12-5-6-14-25(15-7-13-24)22(26)27-16-21-19-10-3-1-8-17(19)18-9-2-4-11-20(18)21/h1-4,8-11,21H,5-7,12-16,23-24H2. The summed E-state index contributed by atoms with van der Waals surface area (Å²) in [5, 5.41) is 0. The van der Waals surface area contributed by atoms with Gasteiger partial charge < -0.3 is 21.1 Å². The fourth-order valence-electron chi connectivity index (χ4n) is 3.71. The molecule has 0 saturated heterocycles. The molecule has 3 rings (SSSR count). The molecule has 0 atom stereocenters. The van der Waals surface area contributed by atoms with E-state index in [4.69, 9.17) is 16.2 Å². The van der Waals surface area contributed by atoms with Crippen molar-refractivity contribution < 1.29 is 9.53 Å². The van der Waals surface area contributed by atoms with Crippen LogP contribution in [0.4, 0.5) is 4.79 Å². The van der Waals surface area contributed by atoms with Gasteiger partial charge in [0, 0.05) is 19.0 Å². The highest BCUT2D eigenvalue weighted by atomic mass is 16.6. The normalized spacial score (nSPS) is 12.5. The van der Waals surface area contributed by atoms with E-state index >= 15 is 0 Å². The summed E-state index contributed by atoms with van der Waals surface area (Å²) in [7, 11) is 0. The van der Waals surface area contributed by atoms with Gasteiger partial charge in [0.25, 0.3) is 0 Å². The maximum absolute atomic E-state index is 12.7. The Labute approximate surface area is 161 Å². The highest BCUT2D eigenvalue weighted by Crippen LogP contribution is 2.44. The van der Waals surface area contributed by atoms with Gasteiger partial charge in [0.1, 0.15) is 6.61 Å². The third kappa shape index (κ3) is 4.49. The minimum absolute atomic E-state index is 0.0850. The van der Waals surface area contributed by atoms with Crippen molar-refractivity contribution in [2.45, 2.75) is 25.2 Å². The molecule has 2 aromatic rings. The molecule has 1 aliphatic carbocycles. The van der Waals surface area contributed by atoms with E-state index in [0.717, 1.165) is 19.3 Å². The minimum Gasteiger partial charge on any atom is -0.448 e. The van der Waals surface area contributed by atoms with E-state index < -0.39 is 0 Å². The van der Waals surface area contributed by atoms with Crippen LogP contribution in [-0.2, 0) is 4.74 Å². The molecule has 0 unspecified atom stereocenters. The average Bonchev–Trinajstić information content (AvgIpc) is 3.03. The Morgan fingerprint density at radius 3 is 2.00 bits per heavy atom. The third-order valence-corrected chi connectivity index (χ3v) is 5.11. The molecule has 0 heterocycles. The van der Waals surface area contributed by atoms with Gasteiger partial charge >= 0.3 is 6.09 Å². The van der Waals surface area contributed by atoms with Gasteiger partial charge in [-0.05, 0) is 54.6 Å². The van der Waals surface area contributed by atoms with E-state index in [1.54, 1.807) is 4.90 Å². The average molecular weight is 367 g/mol. The Morgan fingerprint density at radius 1 is 0.852 bits per heavy atom. The number of ether oxygens (including phenoxy) is 1. The first-order chi connectivity index (χ1) is 13.3. The van der Waals surface area contributed by atoms with Gasteiger partial charge in [0.05, 0.1) is 0 Å². The maximum atomic E-state index is 12.7. The van der Waals surface area contributed by atoms with Gasteiger partial charge in [-0.25, -0.2) is 4.79 Å². The summed E-state index contributed by atoms with van der Waals surface area (Å²) in [6, 6.07) is 16.7. The largest absolute Gasteiger partial charge is 0.448 e. The summed E-state index contributed by atoms with van der Waals surface area (Å²) in [6.45, 7) is 2.83. The Bertz CT molecular complexity index is 717. The fraction of sp³-hybridized carbons (Fsp3) is 0.409. The van der Waals surface area contributed by atoms with Crippen LogP contribution in [0.25, 0.3) is 11.1 Å². The number of nitrogens with zero attached hydrogens (tertiary/aromatic N) is 1. The van der Waals surface area contributed by atoms with E-state index in [2.05, 4.69) is 36.4 Å². The van der Waals surface area contributed by atoms with Gasteiger partial charge in [-0.15, -0.1) is 0 Å². The smallest absolute Gasteiger partial charge is 0.409 e. The van der Waals surface area contributed by atoms with E-state index in [1.165, 1.54) is 22.3 Å². The monoisotopic (exact) mass is 367 g/mol. The quantitative estimate of drug-likeness (QED) is 0.666. The lowest BCUT2D eigenvalue weighted by Crippen LogP contribution is -2.35. The third-order valence-electron chi connectivity index (χ3n) is 5.11. The Hall–Kier alpha value is -2.37. The molecular formula is C22H29N3O2. The van der Waals surface area contributed by atoms with Gasteiger partial charge in [0.15, 0.2) is 0 Å². The van der Waals surface area contributed by atoms with Crippen molar-refractivity contribution in [3.8, 4) is 11.1 Å². The second kappa shape index (κ2) is 9.53. The van der Waals surface area contributed by atoms with Crippen molar-refractivity contribution in [1.82, 2.24) is 4.90 Å². The van der Waals surface area contributed by atoms with E-state index in [1.807, 2.05) is 12.1 Å². The molecule has 5 heteroatoms. The number of fused-ring (bicyclic) bond motifs is 3. The number of amides is 1. The molecule has 5 nitrogen and oxygen atoms in total. The van der Waals surface area contributed by atoms with Crippen LogP contribution < -0.4 is 11.5 Å². The van der Waals surface area contributed by atoms with Crippen molar-refractivity contribution in [1.29, 1.82) is 0 Å². The molecule has 144 valence electrons. The zero-order chi connectivity index (χ0) is 19.1. The first-order valence-electron chi connectivity index (χ1n) is 9.76. The lowest BCUT2D eigenvalue weighted by atomic mass is 9.98. The van der Waals surface area contributed by atoms with Crippen molar-refractivity contribution >= 4 is 6.09 Å². The Kier molecular flexibility index (Phi) is 6.85. The molecule has 1 aliphatic rings. The molecule has 0 fully saturated rings. The Balaban J connectivity index is 1.68. The van der Waals surface area contributed by atoms with Crippen molar-refractivity contribution in [3.63, 3.8) is 0 Å². The number of unbranched alkanes of at least 4 members (excludes halogenated alkanes) is 1. The number of carbonyl (C=O) groups excluding carboxylic acids is 1. The topological polar surface area (TPSA) is 81.6 Å². The summed E-state index contributed by atoms with van der Waals surface area (Å²) in [5.74, 6) is 0.0850. The van der Waals surface area contributed by atoms with E-state index in [0.29, 0.717) is 32.8 Å². The summed E-state index contributed by atoms with van der Waals surface area (Å²) in [6.07, 6.45) is 2.29. The molecule has 1 amide bonds. The molecule has 0 aliphatic heterocycles. The predicted octanol–water partition coefficient (Wildman–Crippen LogP) is 3.33. The SMILES string of the molecule is NCCCCN(CCCN)C(=O)OCC1c2ccccc2-c2ccccc21. The van der Waals surface area contributed by atoms with Gasteiger partial charge in [-0.3, -0.25) is 0 Å². The van der Waals surface area contributed by atoms with E-state index in [-0.39, 0.29) is 12.0 Å². The number of nitrogens with two attached hydrogens (primary N) is 2. The van der Waals surface area contributed by atoms with Crippen molar-refractivity contribution in [2.24, 2.45) is 11.5 Å². The lowest BCUT2D eigenvalue weighted by Gasteiger charge is -2.23. The maximum Gasteiger partial charge on any atom is 0.409 e. The summed E-state index contributed by atoms with van der Waals surface area (Å²) < 4.78 is 5.74. The van der Waals surface area contributed by atoms with Crippen LogP contribution in [-0.4, -0.2) is 43.8 Å². The minimum atomic E-state index is -0.262. The van der Waals surface area contributed by atoms with Gasteiger partial charge in [-0.1, -0.05) is 48.5 Å².